The predicted octanol–water partition coefficient (Wildman–Crippen LogP) is 2.61. The average molecular weight is 344 g/mol. The van der Waals surface area contributed by atoms with Crippen LogP contribution >= 0.6 is 0 Å². The Hall–Kier alpha value is -3.09. The van der Waals surface area contributed by atoms with Gasteiger partial charge in [0.05, 0.1) is 12.1 Å². The van der Waals surface area contributed by atoms with Crippen LogP contribution in [0.25, 0.3) is 0 Å². The predicted molar refractivity (Wildman–Crippen MR) is 84.7 cm³/mol. The quantitative estimate of drug-likeness (QED) is 0.685. The molecule has 1 saturated heterocycles. The van der Waals surface area contributed by atoms with E-state index in [-0.39, 0.29) is 5.56 Å². The van der Waals surface area contributed by atoms with E-state index in [1.165, 1.54) is 6.92 Å². The van der Waals surface area contributed by atoms with Crippen molar-refractivity contribution < 1.29 is 23.2 Å². The molecule has 5 nitrogen and oxygen atoms in total. The highest BCUT2D eigenvalue weighted by Gasteiger charge is 2.49. The SMILES string of the molecule is CC1(c2ccccc2)NC(=O)N(CC(=O)c2ccc(F)cc2F)C1=O. The maximum Gasteiger partial charge on any atom is 0.325 e. The fourth-order valence-electron chi connectivity index (χ4n) is 2.75. The van der Waals surface area contributed by atoms with Crippen LogP contribution in [0.2, 0.25) is 0 Å². The molecule has 7 heteroatoms. The molecule has 1 aliphatic rings. The lowest BCUT2D eigenvalue weighted by atomic mass is 9.92. The van der Waals surface area contributed by atoms with E-state index in [2.05, 4.69) is 5.32 Å². The van der Waals surface area contributed by atoms with Crippen molar-refractivity contribution in [3.8, 4) is 0 Å². The van der Waals surface area contributed by atoms with Crippen LogP contribution in [0.5, 0.6) is 0 Å². The Labute approximate surface area is 142 Å². The van der Waals surface area contributed by atoms with Crippen LogP contribution in [-0.2, 0) is 10.3 Å². The summed E-state index contributed by atoms with van der Waals surface area (Å²) < 4.78 is 26.7. The summed E-state index contributed by atoms with van der Waals surface area (Å²) in [6.07, 6.45) is 0. The molecule has 0 aromatic heterocycles. The smallest absolute Gasteiger partial charge is 0.319 e. The van der Waals surface area contributed by atoms with Gasteiger partial charge in [-0.05, 0) is 24.6 Å². The van der Waals surface area contributed by atoms with Gasteiger partial charge in [-0.25, -0.2) is 13.6 Å². The second-order valence-corrected chi connectivity index (χ2v) is 5.86. The van der Waals surface area contributed by atoms with Gasteiger partial charge in [0.2, 0.25) is 0 Å². The highest BCUT2D eigenvalue weighted by Crippen LogP contribution is 2.28. The third-order valence-electron chi connectivity index (χ3n) is 4.16. The molecular weight excluding hydrogens is 330 g/mol. The van der Waals surface area contributed by atoms with Gasteiger partial charge in [-0.15, -0.1) is 0 Å². The van der Waals surface area contributed by atoms with Crippen LogP contribution in [0.1, 0.15) is 22.8 Å². The minimum absolute atomic E-state index is 0.379. The zero-order valence-corrected chi connectivity index (χ0v) is 13.3. The number of halogens is 2. The highest BCUT2D eigenvalue weighted by molar-refractivity contribution is 6.11. The number of hydrogen-bond donors (Lipinski definition) is 1. The molecule has 1 heterocycles. The third kappa shape index (κ3) is 2.88. The van der Waals surface area contributed by atoms with E-state index in [1.54, 1.807) is 30.3 Å². The number of amides is 3. The average Bonchev–Trinajstić information content (AvgIpc) is 2.80. The van der Waals surface area contributed by atoms with E-state index >= 15 is 0 Å². The van der Waals surface area contributed by atoms with Gasteiger partial charge in [0.15, 0.2) is 5.78 Å². The zero-order valence-electron chi connectivity index (χ0n) is 13.3. The second-order valence-electron chi connectivity index (χ2n) is 5.86. The number of benzene rings is 2. The molecule has 25 heavy (non-hydrogen) atoms. The molecule has 1 N–H and O–H groups in total. The second kappa shape index (κ2) is 6.08. The van der Waals surface area contributed by atoms with Crippen molar-refractivity contribution in [2.45, 2.75) is 12.5 Å². The maximum atomic E-state index is 13.7. The normalized spacial score (nSPS) is 19.9. The minimum Gasteiger partial charge on any atom is -0.319 e. The van der Waals surface area contributed by atoms with Crippen molar-refractivity contribution in [2.75, 3.05) is 6.54 Å². The van der Waals surface area contributed by atoms with Crippen LogP contribution in [-0.4, -0.2) is 29.2 Å². The van der Waals surface area contributed by atoms with E-state index in [4.69, 9.17) is 0 Å². The van der Waals surface area contributed by atoms with Gasteiger partial charge in [0, 0.05) is 6.07 Å². The summed E-state index contributed by atoms with van der Waals surface area (Å²) in [4.78, 5) is 37.8. The largest absolute Gasteiger partial charge is 0.325 e. The first-order chi connectivity index (χ1) is 11.8. The maximum absolute atomic E-state index is 13.7. The van der Waals surface area contributed by atoms with Crippen LogP contribution in [0.15, 0.2) is 48.5 Å². The Balaban J connectivity index is 1.85. The molecule has 1 unspecified atom stereocenters. The Morgan fingerprint density at radius 1 is 1.12 bits per heavy atom. The van der Waals surface area contributed by atoms with Crippen molar-refractivity contribution in [1.82, 2.24) is 10.2 Å². The van der Waals surface area contributed by atoms with Crippen molar-refractivity contribution in [2.24, 2.45) is 0 Å². The number of urea groups is 1. The molecule has 0 saturated carbocycles. The fraction of sp³-hybridized carbons (Fsp3) is 0.167. The van der Waals surface area contributed by atoms with E-state index < -0.39 is 41.4 Å². The van der Waals surface area contributed by atoms with Gasteiger partial charge in [-0.1, -0.05) is 30.3 Å². The Bertz CT molecular complexity index is 870. The van der Waals surface area contributed by atoms with Crippen LogP contribution in [0, 0.1) is 11.6 Å². The number of rotatable bonds is 4. The fourth-order valence-corrected chi connectivity index (χ4v) is 2.75. The summed E-state index contributed by atoms with van der Waals surface area (Å²) in [6, 6.07) is 10.3. The van der Waals surface area contributed by atoms with E-state index in [9.17, 15) is 23.2 Å². The van der Waals surface area contributed by atoms with Gasteiger partial charge < -0.3 is 5.32 Å². The molecule has 0 bridgehead atoms. The molecule has 3 rings (SSSR count). The summed E-state index contributed by atoms with van der Waals surface area (Å²) in [6.45, 7) is 0.904. The molecule has 128 valence electrons. The first-order valence-electron chi connectivity index (χ1n) is 7.51. The molecule has 0 radical (unpaired) electrons. The van der Waals surface area contributed by atoms with Crippen molar-refractivity contribution in [3.63, 3.8) is 0 Å². The van der Waals surface area contributed by atoms with Gasteiger partial charge in [0.1, 0.15) is 17.2 Å². The monoisotopic (exact) mass is 344 g/mol. The van der Waals surface area contributed by atoms with Crippen molar-refractivity contribution in [3.05, 3.63) is 71.3 Å². The van der Waals surface area contributed by atoms with Gasteiger partial charge in [0.25, 0.3) is 5.91 Å². The highest BCUT2D eigenvalue weighted by atomic mass is 19.1. The van der Waals surface area contributed by atoms with E-state index in [0.29, 0.717) is 11.6 Å². The first-order valence-corrected chi connectivity index (χ1v) is 7.51. The van der Waals surface area contributed by atoms with E-state index in [1.807, 2.05) is 0 Å². The molecule has 2 aromatic rings. The standard InChI is InChI=1S/C18H14F2N2O3/c1-18(11-5-3-2-4-6-11)16(24)22(17(25)21-18)10-15(23)13-8-7-12(19)9-14(13)20/h2-9H,10H2,1H3,(H,21,25). The Kier molecular flexibility index (Phi) is 4.08. The number of hydrogen-bond acceptors (Lipinski definition) is 3. The topological polar surface area (TPSA) is 66.5 Å². The summed E-state index contributed by atoms with van der Waals surface area (Å²) in [5.74, 6) is -3.26. The van der Waals surface area contributed by atoms with Gasteiger partial charge in [-0.2, -0.15) is 0 Å². The Morgan fingerprint density at radius 2 is 1.80 bits per heavy atom. The number of imide groups is 1. The minimum atomic E-state index is -1.31. The third-order valence-corrected chi connectivity index (χ3v) is 4.16. The lowest BCUT2D eigenvalue weighted by Gasteiger charge is -2.22. The van der Waals surface area contributed by atoms with Crippen molar-refractivity contribution in [1.29, 1.82) is 0 Å². The van der Waals surface area contributed by atoms with Crippen LogP contribution in [0.4, 0.5) is 13.6 Å². The molecule has 1 atom stereocenters. The van der Waals surface area contributed by atoms with Gasteiger partial charge in [-0.3, -0.25) is 14.5 Å². The number of nitrogens with zero attached hydrogens (tertiary/aromatic N) is 1. The van der Waals surface area contributed by atoms with Crippen LogP contribution < -0.4 is 5.32 Å². The molecule has 0 spiro atoms. The zero-order chi connectivity index (χ0) is 18.2. The summed E-state index contributed by atoms with van der Waals surface area (Å²) >= 11 is 0. The summed E-state index contributed by atoms with van der Waals surface area (Å²) in [7, 11) is 0. The molecule has 0 aliphatic carbocycles. The number of carbonyl (C=O) groups is 3. The van der Waals surface area contributed by atoms with Crippen molar-refractivity contribution >= 4 is 17.7 Å². The molecule has 2 aromatic carbocycles. The van der Waals surface area contributed by atoms with Gasteiger partial charge >= 0.3 is 6.03 Å². The lowest BCUT2D eigenvalue weighted by molar-refractivity contribution is -0.130. The first kappa shape index (κ1) is 16.8. The molecule has 3 amide bonds. The molecule has 1 aliphatic heterocycles. The lowest BCUT2D eigenvalue weighted by Crippen LogP contribution is -2.41. The number of ketones is 1. The number of Topliss-reactive ketones (excluding diaryl/α,β-unsaturated/α-hetero) is 1. The van der Waals surface area contributed by atoms with E-state index in [0.717, 1.165) is 17.0 Å². The summed E-state index contributed by atoms with van der Waals surface area (Å²) in [5.41, 5.74) is -1.12. The van der Waals surface area contributed by atoms with Crippen LogP contribution in [0.3, 0.4) is 0 Å². The molecule has 1 fully saturated rings. The number of nitrogens with one attached hydrogen (secondary N) is 1. The Morgan fingerprint density at radius 3 is 2.44 bits per heavy atom. The summed E-state index contributed by atoms with van der Waals surface area (Å²) in [5, 5.41) is 2.56. The molecular formula is C18H14F2N2O3. The number of carbonyl (C=O) groups excluding carboxylic acids is 3.